The summed E-state index contributed by atoms with van der Waals surface area (Å²) in [4.78, 5) is 17.8. The number of anilines is 1. The molecule has 0 aliphatic carbocycles. The molecule has 0 aliphatic rings. The number of para-hydroxylation sites is 1. The first-order chi connectivity index (χ1) is 16.3. The van der Waals surface area contributed by atoms with Crippen LogP contribution < -0.4 is 5.32 Å². The van der Waals surface area contributed by atoms with Crippen molar-refractivity contribution in [1.82, 2.24) is 13.9 Å². The summed E-state index contributed by atoms with van der Waals surface area (Å²) in [6, 6.07) is 11.2. The molecule has 34 heavy (non-hydrogen) atoms. The summed E-state index contributed by atoms with van der Waals surface area (Å²) in [5, 5.41) is 3.08. The second kappa shape index (κ2) is 11.1. The minimum absolute atomic E-state index is 0.0519. The molecular weight excluding hydrogens is 448 g/mol. The molecule has 3 rings (SSSR count). The number of fused-ring (bicyclic) bond motifs is 1. The van der Waals surface area contributed by atoms with Crippen LogP contribution in [0.5, 0.6) is 0 Å². The number of nitrogens with zero attached hydrogens (tertiary/aromatic N) is 3. The number of amides is 1. The molecule has 1 aromatic heterocycles. The molecular formula is C26H36N4O3S. The van der Waals surface area contributed by atoms with E-state index in [9.17, 15) is 13.2 Å². The molecule has 1 heterocycles. The van der Waals surface area contributed by atoms with Gasteiger partial charge in [-0.1, -0.05) is 45.9 Å². The highest BCUT2D eigenvalue weighted by Crippen LogP contribution is 2.25. The average molecular weight is 485 g/mol. The Hall–Kier alpha value is -2.71. The van der Waals surface area contributed by atoms with Crippen LogP contribution in [0.2, 0.25) is 0 Å². The van der Waals surface area contributed by atoms with E-state index in [2.05, 4.69) is 23.7 Å². The molecule has 8 heteroatoms. The smallest absolute Gasteiger partial charge is 0.243 e. The zero-order valence-electron chi connectivity index (χ0n) is 20.9. The van der Waals surface area contributed by atoms with Gasteiger partial charge in [0.15, 0.2) is 0 Å². The first-order valence-electron chi connectivity index (χ1n) is 12.1. The molecule has 184 valence electrons. The summed E-state index contributed by atoms with van der Waals surface area (Å²) in [6.45, 7) is 11.4. The zero-order chi connectivity index (χ0) is 24.9. The van der Waals surface area contributed by atoms with Gasteiger partial charge in [0.1, 0.15) is 5.82 Å². The normalized spacial score (nSPS) is 11.9. The van der Waals surface area contributed by atoms with E-state index >= 15 is 0 Å². The summed E-state index contributed by atoms with van der Waals surface area (Å²) >= 11 is 0. The van der Waals surface area contributed by atoms with E-state index in [-0.39, 0.29) is 10.8 Å². The first kappa shape index (κ1) is 25.9. The molecule has 1 amide bonds. The molecule has 0 atom stereocenters. The number of carbonyl (C=O) groups is 1. The third-order valence-corrected chi connectivity index (χ3v) is 8.22. The maximum Gasteiger partial charge on any atom is 0.243 e. The summed E-state index contributed by atoms with van der Waals surface area (Å²) < 4.78 is 29.5. The Morgan fingerprint density at radius 2 is 1.82 bits per heavy atom. The van der Waals surface area contributed by atoms with Gasteiger partial charge in [0.25, 0.3) is 0 Å². The summed E-state index contributed by atoms with van der Waals surface area (Å²) in [7, 11) is -3.56. The minimum Gasteiger partial charge on any atom is -0.328 e. The van der Waals surface area contributed by atoms with E-state index in [1.807, 2.05) is 45.0 Å². The van der Waals surface area contributed by atoms with Gasteiger partial charge >= 0.3 is 0 Å². The average Bonchev–Trinajstić information content (AvgIpc) is 3.16. The predicted octanol–water partition coefficient (Wildman–Crippen LogP) is 4.92. The van der Waals surface area contributed by atoms with Gasteiger partial charge in [0.05, 0.1) is 15.9 Å². The molecule has 0 unspecified atom stereocenters. The standard InChI is InChI=1S/C26H36N4O3S/c1-6-17-30-23-14-13-21(34(32,33)29(8-3)9-4)18-22(23)27-24(30)15-16-25(31)28-26-19(5)11-10-12-20(26)7-2/h10-14,18H,6-9,15-17H2,1-5H3,(H,28,31). The second-order valence-corrected chi connectivity index (χ2v) is 10.4. The number of nitrogens with one attached hydrogen (secondary N) is 1. The molecule has 0 saturated heterocycles. The van der Waals surface area contributed by atoms with Crippen molar-refractivity contribution in [3.8, 4) is 0 Å². The highest BCUT2D eigenvalue weighted by atomic mass is 32.2. The van der Waals surface area contributed by atoms with Crippen LogP contribution in [0, 0.1) is 6.92 Å². The fourth-order valence-electron chi connectivity index (χ4n) is 4.33. The Kier molecular flexibility index (Phi) is 8.49. The fourth-order valence-corrected chi connectivity index (χ4v) is 5.80. The summed E-state index contributed by atoms with van der Waals surface area (Å²) in [5.74, 6) is 0.744. The number of benzene rings is 2. The Labute approximate surface area is 203 Å². The lowest BCUT2D eigenvalue weighted by molar-refractivity contribution is -0.116. The van der Waals surface area contributed by atoms with Crippen LogP contribution in [0.4, 0.5) is 5.69 Å². The van der Waals surface area contributed by atoms with Gasteiger partial charge < -0.3 is 9.88 Å². The lowest BCUT2D eigenvalue weighted by atomic mass is 10.1. The molecule has 7 nitrogen and oxygen atoms in total. The number of sulfonamides is 1. The van der Waals surface area contributed by atoms with Crippen molar-refractivity contribution < 1.29 is 13.2 Å². The van der Waals surface area contributed by atoms with E-state index in [0.29, 0.717) is 31.4 Å². The van der Waals surface area contributed by atoms with Crippen LogP contribution in [0.3, 0.4) is 0 Å². The molecule has 3 aromatic rings. The molecule has 0 radical (unpaired) electrons. The van der Waals surface area contributed by atoms with Gasteiger partial charge in [-0.15, -0.1) is 0 Å². The van der Waals surface area contributed by atoms with Crippen molar-refractivity contribution >= 4 is 32.7 Å². The number of aryl methyl sites for hydroxylation is 4. The maximum atomic E-state index is 13.0. The van der Waals surface area contributed by atoms with Gasteiger partial charge in [0, 0.05) is 38.2 Å². The summed E-state index contributed by atoms with van der Waals surface area (Å²) in [6.07, 6.45) is 2.54. The van der Waals surface area contributed by atoms with E-state index in [1.165, 1.54) is 4.31 Å². The Morgan fingerprint density at radius 1 is 1.09 bits per heavy atom. The van der Waals surface area contributed by atoms with Gasteiger partial charge in [-0.2, -0.15) is 4.31 Å². The first-order valence-corrected chi connectivity index (χ1v) is 13.6. The molecule has 0 bridgehead atoms. The molecule has 1 N–H and O–H groups in total. The zero-order valence-corrected chi connectivity index (χ0v) is 21.7. The quantitative estimate of drug-likeness (QED) is 0.419. The van der Waals surface area contributed by atoms with E-state index in [1.54, 1.807) is 12.1 Å². The number of carbonyl (C=O) groups excluding carboxylic acids is 1. The van der Waals surface area contributed by atoms with Crippen molar-refractivity contribution in [1.29, 1.82) is 0 Å². The number of hydrogen-bond acceptors (Lipinski definition) is 4. The van der Waals surface area contributed by atoms with Gasteiger partial charge in [0.2, 0.25) is 15.9 Å². The molecule has 0 spiro atoms. The Bertz CT molecular complexity index is 1260. The van der Waals surface area contributed by atoms with Gasteiger partial charge in [-0.25, -0.2) is 13.4 Å². The molecule has 2 aromatic carbocycles. The Morgan fingerprint density at radius 3 is 2.47 bits per heavy atom. The number of imidazole rings is 1. The van der Waals surface area contributed by atoms with E-state index in [4.69, 9.17) is 4.98 Å². The van der Waals surface area contributed by atoms with Crippen LogP contribution in [0.25, 0.3) is 11.0 Å². The van der Waals surface area contributed by atoms with E-state index in [0.717, 1.165) is 47.5 Å². The largest absolute Gasteiger partial charge is 0.328 e. The van der Waals surface area contributed by atoms with Gasteiger partial charge in [-0.3, -0.25) is 4.79 Å². The Balaban J connectivity index is 1.86. The monoisotopic (exact) mass is 484 g/mol. The third kappa shape index (κ3) is 5.33. The highest BCUT2D eigenvalue weighted by molar-refractivity contribution is 7.89. The van der Waals surface area contributed by atoms with Crippen molar-refractivity contribution in [2.75, 3.05) is 18.4 Å². The predicted molar refractivity (Wildman–Crippen MR) is 138 cm³/mol. The lowest BCUT2D eigenvalue weighted by Gasteiger charge is -2.18. The number of rotatable bonds is 11. The third-order valence-electron chi connectivity index (χ3n) is 6.17. The number of hydrogen-bond donors (Lipinski definition) is 1. The fraction of sp³-hybridized carbons (Fsp3) is 0.462. The van der Waals surface area contributed by atoms with Crippen molar-refractivity contribution in [3.05, 3.63) is 53.3 Å². The van der Waals surface area contributed by atoms with Crippen molar-refractivity contribution in [2.24, 2.45) is 0 Å². The minimum atomic E-state index is -3.56. The second-order valence-electron chi connectivity index (χ2n) is 8.43. The topological polar surface area (TPSA) is 84.3 Å². The molecule has 0 saturated carbocycles. The number of aromatic nitrogens is 2. The highest BCUT2D eigenvalue weighted by Gasteiger charge is 2.23. The molecule has 0 aliphatic heterocycles. The lowest BCUT2D eigenvalue weighted by Crippen LogP contribution is -2.30. The molecule has 0 fully saturated rings. The van der Waals surface area contributed by atoms with Crippen LogP contribution in [-0.4, -0.2) is 41.3 Å². The SMILES string of the molecule is CCCn1c(CCC(=O)Nc2c(C)cccc2CC)nc2cc(S(=O)(=O)N(CC)CC)ccc21. The van der Waals surface area contributed by atoms with Crippen LogP contribution in [-0.2, 0) is 34.2 Å². The van der Waals surface area contributed by atoms with Crippen molar-refractivity contribution in [2.45, 2.75) is 71.7 Å². The van der Waals surface area contributed by atoms with E-state index < -0.39 is 10.0 Å². The van der Waals surface area contributed by atoms with Crippen molar-refractivity contribution in [3.63, 3.8) is 0 Å². The maximum absolute atomic E-state index is 13.0. The van der Waals surface area contributed by atoms with Gasteiger partial charge in [-0.05, 0) is 49.1 Å². The van der Waals surface area contributed by atoms with Crippen LogP contribution in [0.1, 0.15) is 57.5 Å². The van der Waals surface area contributed by atoms with Crippen LogP contribution >= 0.6 is 0 Å². The summed E-state index contributed by atoms with van der Waals surface area (Å²) in [5.41, 5.74) is 4.59. The van der Waals surface area contributed by atoms with Crippen LogP contribution in [0.15, 0.2) is 41.3 Å².